The van der Waals surface area contributed by atoms with Crippen LogP contribution in [0.15, 0.2) is 65.6 Å². The number of hydrogen-bond acceptors (Lipinski definition) is 4. The van der Waals surface area contributed by atoms with E-state index in [4.69, 9.17) is 11.6 Å². The molecule has 0 radical (unpaired) electrons. The predicted molar refractivity (Wildman–Crippen MR) is 117 cm³/mol. The number of Topliss-reactive ketones (excluding diaryl/α,β-unsaturated/α-hetero) is 1. The van der Waals surface area contributed by atoms with Crippen molar-refractivity contribution in [2.24, 2.45) is 0 Å². The van der Waals surface area contributed by atoms with Crippen LogP contribution >= 0.6 is 22.9 Å². The van der Waals surface area contributed by atoms with Crippen LogP contribution in [0.3, 0.4) is 0 Å². The monoisotopic (exact) mass is 430 g/mol. The highest BCUT2D eigenvalue weighted by molar-refractivity contribution is 7.95. The SMILES string of the molecule is Cc1ccc(CS(=O)(=O)/C(=C/c2ccc(C)s2)C(=O)c2ccc(Cl)cc2)cc1. The highest BCUT2D eigenvalue weighted by atomic mass is 35.5. The summed E-state index contributed by atoms with van der Waals surface area (Å²) in [5.74, 6) is -0.766. The number of rotatable bonds is 6. The van der Waals surface area contributed by atoms with E-state index in [1.807, 2.05) is 38.1 Å². The predicted octanol–water partition coefficient (Wildman–Crippen LogP) is 5.86. The lowest BCUT2D eigenvalue weighted by molar-refractivity contribution is 0.104. The third kappa shape index (κ3) is 4.98. The summed E-state index contributed by atoms with van der Waals surface area (Å²) in [6.45, 7) is 3.87. The van der Waals surface area contributed by atoms with Gasteiger partial charge in [-0.05, 0) is 61.9 Å². The van der Waals surface area contributed by atoms with E-state index in [1.54, 1.807) is 36.4 Å². The minimum absolute atomic E-state index is 0.211. The van der Waals surface area contributed by atoms with Crippen LogP contribution < -0.4 is 0 Å². The Morgan fingerprint density at radius 2 is 1.61 bits per heavy atom. The number of halogens is 1. The minimum atomic E-state index is -3.85. The van der Waals surface area contributed by atoms with Crippen molar-refractivity contribution in [2.75, 3.05) is 0 Å². The van der Waals surface area contributed by atoms with Crippen molar-refractivity contribution in [1.82, 2.24) is 0 Å². The van der Waals surface area contributed by atoms with E-state index in [0.717, 1.165) is 15.3 Å². The van der Waals surface area contributed by atoms with E-state index in [2.05, 4.69) is 0 Å². The van der Waals surface area contributed by atoms with Gasteiger partial charge in [0.1, 0.15) is 4.91 Å². The van der Waals surface area contributed by atoms with Gasteiger partial charge < -0.3 is 0 Å². The lowest BCUT2D eigenvalue weighted by atomic mass is 10.1. The van der Waals surface area contributed by atoms with Gasteiger partial charge in [0.05, 0.1) is 5.75 Å². The minimum Gasteiger partial charge on any atom is -0.288 e. The van der Waals surface area contributed by atoms with Crippen LogP contribution in [0.4, 0.5) is 0 Å². The second kappa shape index (κ2) is 8.43. The lowest BCUT2D eigenvalue weighted by Crippen LogP contribution is -2.16. The molecule has 3 nitrogen and oxygen atoms in total. The van der Waals surface area contributed by atoms with E-state index >= 15 is 0 Å². The maximum Gasteiger partial charge on any atom is 0.204 e. The summed E-state index contributed by atoms with van der Waals surface area (Å²) in [6.07, 6.45) is 1.47. The number of benzene rings is 2. The highest BCUT2D eigenvalue weighted by Gasteiger charge is 2.26. The zero-order valence-electron chi connectivity index (χ0n) is 15.5. The first-order valence-corrected chi connectivity index (χ1v) is 11.5. The number of ketones is 1. The number of thiophene rings is 1. The molecule has 2 aromatic carbocycles. The van der Waals surface area contributed by atoms with Gasteiger partial charge in [-0.3, -0.25) is 4.79 Å². The lowest BCUT2D eigenvalue weighted by Gasteiger charge is -2.09. The molecule has 0 N–H and O–H groups in total. The Labute approximate surface area is 174 Å². The molecule has 28 heavy (non-hydrogen) atoms. The highest BCUT2D eigenvalue weighted by Crippen LogP contribution is 2.26. The Kier molecular flexibility index (Phi) is 6.18. The van der Waals surface area contributed by atoms with Crippen LogP contribution in [0, 0.1) is 13.8 Å². The molecule has 0 fully saturated rings. The summed E-state index contributed by atoms with van der Waals surface area (Å²) in [5, 5.41) is 0.485. The molecular weight excluding hydrogens is 412 g/mol. The number of carbonyl (C=O) groups excluding carboxylic acids is 1. The molecule has 3 aromatic rings. The number of carbonyl (C=O) groups is 1. The molecule has 0 aliphatic rings. The summed E-state index contributed by atoms with van der Waals surface area (Å²) in [6, 6.07) is 17.2. The van der Waals surface area contributed by atoms with Crippen LogP contribution in [0.5, 0.6) is 0 Å². The molecule has 1 heterocycles. The average molecular weight is 431 g/mol. The topological polar surface area (TPSA) is 51.2 Å². The van der Waals surface area contributed by atoms with Gasteiger partial charge in [0.2, 0.25) is 5.78 Å². The molecule has 0 saturated heterocycles. The molecule has 1 aromatic heterocycles. The molecule has 0 atom stereocenters. The average Bonchev–Trinajstić information content (AvgIpc) is 3.06. The van der Waals surface area contributed by atoms with Crippen molar-refractivity contribution in [2.45, 2.75) is 19.6 Å². The van der Waals surface area contributed by atoms with Crippen molar-refractivity contribution in [1.29, 1.82) is 0 Å². The standard InChI is InChI=1S/C22H19ClO3S2/c1-15-3-6-17(7-4-15)14-28(25,26)21(13-20-12-5-16(2)27-20)22(24)18-8-10-19(23)11-9-18/h3-13H,14H2,1-2H3/b21-13+. The molecule has 6 heteroatoms. The van der Waals surface area contributed by atoms with E-state index in [1.165, 1.54) is 17.4 Å². The second-order valence-corrected chi connectivity index (χ2v) is 10.3. The van der Waals surface area contributed by atoms with Gasteiger partial charge in [-0.25, -0.2) is 8.42 Å². The van der Waals surface area contributed by atoms with Crippen molar-refractivity contribution >= 4 is 44.6 Å². The summed E-state index contributed by atoms with van der Waals surface area (Å²) in [4.78, 5) is 14.6. The molecule has 0 aliphatic carbocycles. The van der Waals surface area contributed by atoms with Gasteiger partial charge in [-0.2, -0.15) is 0 Å². The summed E-state index contributed by atoms with van der Waals surface area (Å²) >= 11 is 7.34. The fourth-order valence-electron chi connectivity index (χ4n) is 2.68. The molecular formula is C22H19ClO3S2. The van der Waals surface area contributed by atoms with Gasteiger partial charge in [0.15, 0.2) is 9.84 Å². The second-order valence-electron chi connectivity index (χ2n) is 6.54. The first-order chi connectivity index (χ1) is 13.2. The number of aryl methyl sites for hydroxylation is 2. The molecule has 3 rings (SSSR count). The maximum absolute atomic E-state index is 13.2. The van der Waals surface area contributed by atoms with Gasteiger partial charge in [0, 0.05) is 20.3 Å². The molecule has 0 unspecified atom stereocenters. The van der Waals surface area contributed by atoms with Crippen LogP contribution in [-0.2, 0) is 15.6 Å². The van der Waals surface area contributed by atoms with Crippen LogP contribution in [0.1, 0.15) is 31.2 Å². The summed E-state index contributed by atoms with van der Waals surface area (Å²) < 4.78 is 26.3. The molecule has 144 valence electrons. The van der Waals surface area contributed by atoms with Crippen molar-refractivity contribution in [3.63, 3.8) is 0 Å². The zero-order valence-corrected chi connectivity index (χ0v) is 17.9. The Balaban J connectivity index is 2.04. The summed E-state index contributed by atoms with van der Waals surface area (Å²) in [5.41, 5.74) is 1.97. The van der Waals surface area contributed by atoms with Gasteiger partial charge in [-0.15, -0.1) is 11.3 Å². The Morgan fingerprint density at radius 1 is 0.964 bits per heavy atom. The molecule has 0 aliphatic heterocycles. The third-order valence-electron chi connectivity index (χ3n) is 4.18. The molecule has 0 bridgehead atoms. The van der Waals surface area contributed by atoms with Gasteiger partial charge >= 0.3 is 0 Å². The third-order valence-corrected chi connectivity index (χ3v) is 7.06. The molecule has 0 amide bonds. The van der Waals surface area contributed by atoms with E-state index in [-0.39, 0.29) is 16.2 Å². The molecule has 0 spiro atoms. The maximum atomic E-state index is 13.2. The number of hydrogen-bond donors (Lipinski definition) is 0. The fraction of sp³-hybridized carbons (Fsp3) is 0.136. The van der Waals surface area contributed by atoms with Crippen molar-refractivity contribution in [3.8, 4) is 0 Å². The number of sulfone groups is 1. The van der Waals surface area contributed by atoms with Gasteiger partial charge in [0.25, 0.3) is 0 Å². The first-order valence-electron chi connectivity index (χ1n) is 8.61. The van der Waals surface area contributed by atoms with Crippen LogP contribution in [0.25, 0.3) is 6.08 Å². The van der Waals surface area contributed by atoms with Gasteiger partial charge in [-0.1, -0.05) is 41.4 Å². The normalized spacial score (nSPS) is 12.2. The van der Waals surface area contributed by atoms with Crippen molar-refractivity contribution in [3.05, 3.63) is 97.0 Å². The quantitative estimate of drug-likeness (QED) is 0.363. The first kappa shape index (κ1) is 20.5. The van der Waals surface area contributed by atoms with E-state index in [9.17, 15) is 13.2 Å². The van der Waals surface area contributed by atoms with E-state index < -0.39 is 15.6 Å². The van der Waals surface area contributed by atoms with E-state index in [0.29, 0.717) is 10.6 Å². The summed E-state index contributed by atoms with van der Waals surface area (Å²) in [7, 11) is -3.85. The van der Waals surface area contributed by atoms with Crippen LogP contribution in [-0.4, -0.2) is 14.2 Å². The smallest absolute Gasteiger partial charge is 0.204 e. The Hall–Kier alpha value is -2.21. The number of allylic oxidation sites excluding steroid dienone is 1. The largest absolute Gasteiger partial charge is 0.288 e. The fourth-order valence-corrected chi connectivity index (χ4v) is 5.20. The molecule has 0 saturated carbocycles. The zero-order chi connectivity index (χ0) is 20.3. The Bertz CT molecular complexity index is 1120. The Morgan fingerprint density at radius 3 is 2.18 bits per heavy atom. The van der Waals surface area contributed by atoms with Crippen molar-refractivity contribution < 1.29 is 13.2 Å². The van der Waals surface area contributed by atoms with Crippen LogP contribution in [0.2, 0.25) is 5.02 Å².